The van der Waals surface area contributed by atoms with Crippen LogP contribution in [0.15, 0.2) is 48.5 Å². The van der Waals surface area contributed by atoms with Gasteiger partial charge < -0.3 is 9.84 Å². The van der Waals surface area contributed by atoms with E-state index in [0.717, 1.165) is 11.1 Å². The SMILES string of the molecule is Cc1cccc(C(C)(C)C)c1OC(C(=O)O)c1ccccc1. The van der Waals surface area contributed by atoms with Gasteiger partial charge >= 0.3 is 5.97 Å². The molecule has 0 amide bonds. The van der Waals surface area contributed by atoms with E-state index in [4.69, 9.17) is 4.74 Å². The van der Waals surface area contributed by atoms with Gasteiger partial charge in [-0.1, -0.05) is 69.3 Å². The predicted molar refractivity (Wildman–Crippen MR) is 87.3 cm³/mol. The van der Waals surface area contributed by atoms with Gasteiger partial charge in [0.25, 0.3) is 0 Å². The first-order valence-corrected chi connectivity index (χ1v) is 7.35. The normalized spacial score (nSPS) is 12.7. The number of hydrogen-bond acceptors (Lipinski definition) is 2. The zero-order valence-corrected chi connectivity index (χ0v) is 13.5. The fraction of sp³-hybridized carbons (Fsp3) is 0.316. The summed E-state index contributed by atoms with van der Waals surface area (Å²) in [5.41, 5.74) is 2.46. The number of ether oxygens (including phenoxy) is 1. The van der Waals surface area contributed by atoms with Gasteiger partial charge in [0.1, 0.15) is 5.75 Å². The average Bonchev–Trinajstić information content (AvgIpc) is 2.45. The van der Waals surface area contributed by atoms with E-state index >= 15 is 0 Å². The van der Waals surface area contributed by atoms with Crippen LogP contribution in [0.3, 0.4) is 0 Å². The van der Waals surface area contributed by atoms with Crippen LogP contribution in [0, 0.1) is 6.92 Å². The molecule has 0 aliphatic rings. The monoisotopic (exact) mass is 298 g/mol. The minimum absolute atomic E-state index is 0.124. The molecular formula is C19H22O3. The van der Waals surface area contributed by atoms with E-state index in [1.165, 1.54) is 0 Å². The summed E-state index contributed by atoms with van der Waals surface area (Å²) in [6.45, 7) is 8.21. The molecule has 2 aromatic carbocycles. The second kappa shape index (κ2) is 6.22. The molecule has 0 saturated heterocycles. The number of rotatable bonds is 4. The molecule has 0 saturated carbocycles. The predicted octanol–water partition coefficient (Wildman–Crippen LogP) is 4.50. The Labute approximate surface area is 131 Å². The number of aryl methyl sites for hydroxylation is 1. The summed E-state index contributed by atoms with van der Waals surface area (Å²) < 4.78 is 5.95. The van der Waals surface area contributed by atoms with Crippen LogP contribution in [0.25, 0.3) is 0 Å². The Morgan fingerprint density at radius 3 is 2.23 bits per heavy atom. The van der Waals surface area contributed by atoms with E-state index in [1.54, 1.807) is 12.1 Å². The number of hydrogen-bond donors (Lipinski definition) is 1. The van der Waals surface area contributed by atoms with Gasteiger partial charge in [0.05, 0.1) is 0 Å². The van der Waals surface area contributed by atoms with Crippen molar-refractivity contribution in [1.82, 2.24) is 0 Å². The third-order valence-electron chi connectivity index (χ3n) is 3.58. The first-order chi connectivity index (χ1) is 10.3. The zero-order valence-electron chi connectivity index (χ0n) is 13.5. The van der Waals surface area contributed by atoms with Gasteiger partial charge in [-0.25, -0.2) is 4.79 Å². The van der Waals surface area contributed by atoms with Crippen molar-refractivity contribution in [1.29, 1.82) is 0 Å². The molecule has 1 atom stereocenters. The number of carboxylic acid groups (broad SMARTS) is 1. The summed E-state index contributed by atoms with van der Waals surface area (Å²) in [5.74, 6) is -0.333. The fourth-order valence-electron chi connectivity index (χ4n) is 2.41. The van der Waals surface area contributed by atoms with Gasteiger partial charge in [-0.15, -0.1) is 0 Å². The molecule has 0 heterocycles. The highest BCUT2D eigenvalue weighted by atomic mass is 16.5. The van der Waals surface area contributed by atoms with E-state index < -0.39 is 12.1 Å². The maximum atomic E-state index is 11.7. The third-order valence-corrected chi connectivity index (χ3v) is 3.58. The summed E-state index contributed by atoms with van der Waals surface area (Å²) in [6.07, 6.45) is -1.01. The Hall–Kier alpha value is -2.29. The third kappa shape index (κ3) is 3.48. The molecule has 0 aliphatic heterocycles. The molecule has 22 heavy (non-hydrogen) atoms. The topological polar surface area (TPSA) is 46.5 Å². The van der Waals surface area contributed by atoms with Crippen molar-refractivity contribution in [3.05, 3.63) is 65.2 Å². The molecular weight excluding hydrogens is 276 g/mol. The summed E-state index contributed by atoms with van der Waals surface area (Å²) in [7, 11) is 0. The lowest BCUT2D eigenvalue weighted by Gasteiger charge is -2.26. The lowest BCUT2D eigenvalue weighted by atomic mass is 9.85. The molecule has 0 bridgehead atoms. The molecule has 1 N–H and O–H groups in total. The van der Waals surface area contributed by atoms with Gasteiger partial charge in [0.15, 0.2) is 0 Å². The largest absolute Gasteiger partial charge is 0.478 e. The quantitative estimate of drug-likeness (QED) is 0.904. The smallest absolute Gasteiger partial charge is 0.349 e. The Morgan fingerprint density at radius 1 is 1.05 bits per heavy atom. The van der Waals surface area contributed by atoms with Crippen LogP contribution in [-0.2, 0) is 10.2 Å². The van der Waals surface area contributed by atoms with E-state index in [1.807, 2.05) is 43.3 Å². The molecule has 2 aromatic rings. The van der Waals surface area contributed by atoms with Gasteiger partial charge in [-0.2, -0.15) is 0 Å². The Balaban J connectivity index is 2.46. The van der Waals surface area contributed by atoms with Crippen LogP contribution in [0.5, 0.6) is 5.75 Å². The van der Waals surface area contributed by atoms with Crippen molar-refractivity contribution >= 4 is 5.97 Å². The summed E-state index contributed by atoms with van der Waals surface area (Å²) in [5, 5.41) is 9.55. The van der Waals surface area contributed by atoms with E-state index in [0.29, 0.717) is 11.3 Å². The Kier molecular flexibility index (Phi) is 4.55. The van der Waals surface area contributed by atoms with Gasteiger partial charge in [-0.05, 0) is 23.5 Å². The highest BCUT2D eigenvalue weighted by molar-refractivity contribution is 5.75. The van der Waals surface area contributed by atoms with Gasteiger partial charge in [0, 0.05) is 5.56 Å². The van der Waals surface area contributed by atoms with Gasteiger partial charge in [-0.3, -0.25) is 0 Å². The van der Waals surface area contributed by atoms with Gasteiger partial charge in [0.2, 0.25) is 6.10 Å². The molecule has 0 radical (unpaired) electrons. The molecule has 3 heteroatoms. The molecule has 0 fully saturated rings. The standard InChI is InChI=1S/C19H22O3/c1-13-9-8-12-15(19(2,3)4)16(13)22-17(18(20)21)14-10-6-5-7-11-14/h5-12,17H,1-4H3,(H,20,21). The molecule has 116 valence electrons. The second-order valence-electron chi connectivity index (χ2n) is 6.45. The van der Waals surface area contributed by atoms with Crippen molar-refractivity contribution < 1.29 is 14.6 Å². The number of benzene rings is 2. The van der Waals surface area contributed by atoms with Crippen molar-refractivity contribution in [3.8, 4) is 5.75 Å². The number of para-hydroxylation sites is 1. The number of aliphatic carboxylic acids is 1. The maximum absolute atomic E-state index is 11.7. The maximum Gasteiger partial charge on any atom is 0.349 e. The molecule has 3 nitrogen and oxygen atoms in total. The number of carboxylic acids is 1. The van der Waals surface area contributed by atoms with Crippen molar-refractivity contribution in [2.75, 3.05) is 0 Å². The van der Waals surface area contributed by atoms with E-state index in [-0.39, 0.29) is 5.41 Å². The Bertz CT molecular complexity index is 654. The van der Waals surface area contributed by atoms with Crippen molar-refractivity contribution in [2.45, 2.75) is 39.2 Å². The van der Waals surface area contributed by atoms with Crippen molar-refractivity contribution in [2.24, 2.45) is 0 Å². The summed E-state index contributed by atoms with van der Waals surface area (Å²) in [6, 6.07) is 14.9. The fourth-order valence-corrected chi connectivity index (χ4v) is 2.41. The van der Waals surface area contributed by atoms with Crippen LogP contribution in [0.4, 0.5) is 0 Å². The molecule has 0 aromatic heterocycles. The van der Waals surface area contributed by atoms with Crippen LogP contribution < -0.4 is 4.74 Å². The minimum atomic E-state index is -1.01. The first kappa shape index (κ1) is 16.1. The second-order valence-corrected chi connectivity index (χ2v) is 6.45. The average molecular weight is 298 g/mol. The highest BCUT2D eigenvalue weighted by Crippen LogP contribution is 2.36. The minimum Gasteiger partial charge on any atom is -0.478 e. The Morgan fingerprint density at radius 2 is 1.68 bits per heavy atom. The molecule has 0 spiro atoms. The summed E-state index contributed by atoms with van der Waals surface area (Å²) >= 11 is 0. The highest BCUT2D eigenvalue weighted by Gasteiger charge is 2.26. The van der Waals surface area contributed by atoms with Crippen LogP contribution in [0.2, 0.25) is 0 Å². The van der Waals surface area contributed by atoms with Crippen molar-refractivity contribution in [3.63, 3.8) is 0 Å². The van der Waals surface area contributed by atoms with E-state index in [9.17, 15) is 9.90 Å². The van der Waals surface area contributed by atoms with E-state index in [2.05, 4.69) is 20.8 Å². The molecule has 0 aliphatic carbocycles. The number of carbonyl (C=O) groups is 1. The molecule has 2 rings (SSSR count). The first-order valence-electron chi connectivity index (χ1n) is 7.35. The summed E-state index contributed by atoms with van der Waals surface area (Å²) in [4.78, 5) is 11.7. The molecule has 1 unspecified atom stereocenters. The van der Waals surface area contributed by atoms with Crippen LogP contribution in [0.1, 0.15) is 43.6 Å². The zero-order chi connectivity index (χ0) is 16.3. The van der Waals surface area contributed by atoms with Crippen LogP contribution in [-0.4, -0.2) is 11.1 Å². The van der Waals surface area contributed by atoms with Crippen LogP contribution >= 0.6 is 0 Å². The lowest BCUT2D eigenvalue weighted by Crippen LogP contribution is -2.21. The lowest BCUT2D eigenvalue weighted by molar-refractivity contribution is -0.145.